The molecule has 0 spiro atoms. The number of aromatic nitrogens is 3. The van der Waals surface area contributed by atoms with E-state index in [1.54, 1.807) is 31.5 Å². The quantitative estimate of drug-likeness (QED) is 0.869. The minimum absolute atomic E-state index is 0.0302. The van der Waals surface area contributed by atoms with E-state index in [0.29, 0.717) is 6.54 Å². The fraction of sp³-hybridized carbons (Fsp3) is 0.250. The molecule has 0 bridgehead atoms. The third-order valence-corrected chi connectivity index (χ3v) is 4.62. The van der Waals surface area contributed by atoms with Crippen molar-refractivity contribution < 1.29 is 8.42 Å². The van der Waals surface area contributed by atoms with Crippen LogP contribution in [0.3, 0.4) is 0 Å². The first-order valence-electron chi connectivity index (χ1n) is 6.00. The number of hydrogen-bond donors (Lipinski definition) is 1. The molecule has 2 N–H and O–H groups in total. The molecule has 0 aliphatic rings. The lowest BCUT2D eigenvalue weighted by atomic mass is 10.3. The zero-order chi connectivity index (χ0) is 14.6. The SMILES string of the molecule is CCN(Cc1ccncc1)S(=O)(=O)c1cnc(N)nc1. The number of rotatable bonds is 5. The maximum atomic E-state index is 12.5. The normalized spacial score (nSPS) is 11.7. The van der Waals surface area contributed by atoms with Crippen LogP contribution in [-0.4, -0.2) is 34.2 Å². The monoisotopic (exact) mass is 293 g/mol. The summed E-state index contributed by atoms with van der Waals surface area (Å²) in [6, 6.07) is 3.55. The Kier molecular flexibility index (Phi) is 4.26. The molecule has 2 rings (SSSR count). The molecule has 106 valence electrons. The van der Waals surface area contributed by atoms with E-state index in [4.69, 9.17) is 5.73 Å². The molecular formula is C12H15N5O2S. The third-order valence-electron chi connectivity index (χ3n) is 2.75. The molecule has 0 aliphatic heterocycles. The lowest BCUT2D eigenvalue weighted by molar-refractivity contribution is 0.423. The van der Waals surface area contributed by atoms with Crippen LogP contribution >= 0.6 is 0 Å². The minimum Gasteiger partial charge on any atom is -0.368 e. The van der Waals surface area contributed by atoms with Gasteiger partial charge in [-0.25, -0.2) is 18.4 Å². The molecule has 0 saturated carbocycles. The van der Waals surface area contributed by atoms with Crippen molar-refractivity contribution in [3.63, 3.8) is 0 Å². The summed E-state index contributed by atoms with van der Waals surface area (Å²) in [5.41, 5.74) is 6.23. The van der Waals surface area contributed by atoms with Crippen molar-refractivity contribution in [1.29, 1.82) is 0 Å². The summed E-state index contributed by atoms with van der Waals surface area (Å²) in [4.78, 5) is 11.4. The maximum Gasteiger partial charge on any atom is 0.246 e. The van der Waals surface area contributed by atoms with Crippen LogP contribution in [0.15, 0.2) is 41.8 Å². The molecule has 20 heavy (non-hydrogen) atoms. The van der Waals surface area contributed by atoms with E-state index in [2.05, 4.69) is 15.0 Å². The molecule has 0 aromatic carbocycles. The van der Waals surface area contributed by atoms with Gasteiger partial charge >= 0.3 is 0 Å². The van der Waals surface area contributed by atoms with Gasteiger partial charge in [-0.05, 0) is 17.7 Å². The van der Waals surface area contributed by atoms with Crippen molar-refractivity contribution in [2.24, 2.45) is 0 Å². The first kappa shape index (κ1) is 14.4. The second-order valence-electron chi connectivity index (χ2n) is 4.06. The van der Waals surface area contributed by atoms with E-state index in [9.17, 15) is 8.42 Å². The number of pyridine rings is 1. The largest absolute Gasteiger partial charge is 0.368 e. The van der Waals surface area contributed by atoms with E-state index < -0.39 is 10.0 Å². The number of sulfonamides is 1. The number of nitrogen functional groups attached to an aromatic ring is 1. The predicted octanol–water partition coefficient (Wildman–Crippen LogP) is 0.665. The number of anilines is 1. The van der Waals surface area contributed by atoms with Crippen LogP contribution in [-0.2, 0) is 16.6 Å². The standard InChI is InChI=1S/C12H15N5O2S/c1-2-17(9-10-3-5-14-6-4-10)20(18,19)11-7-15-12(13)16-8-11/h3-8H,2,9H2,1H3,(H2,13,15,16). The molecule has 0 unspecified atom stereocenters. The van der Waals surface area contributed by atoms with Crippen LogP contribution in [0.5, 0.6) is 0 Å². The number of nitrogens with two attached hydrogens (primary N) is 1. The summed E-state index contributed by atoms with van der Waals surface area (Å²) >= 11 is 0. The summed E-state index contributed by atoms with van der Waals surface area (Å²) in [6.07, 6.45) is 5.68. The van der Waals surface area contributed by atoms with E-state index in [1.807, 2.05) is 0 Å². The Morgan fingerprint density at radius 3 is 2.35 bits per heavy atom. The van der Waals surface area contributed by atoms with E-state index in [0.717, 1.165) is 5.56 Å². The zero-order valence-electron chi connectivity index (χ0n) is 11.0. The van der Waals surface area contributed by atoms with Gasteiger partial charge in [-0.15, -0.1) is 0 Å². The highest BCUT2D eigenvalue weighted by Gasteiger charge is 2.24. The third kappa shape index (κ3) is 3.09. The van der Waals surface area contributed by atoms with Gasteiger partial charge < -0.3 is 5.73 Å². The van der Waals surface area contributed by atoms with Gasteiger partial charge in [0.2, 0.25) is 16.0 Å². The summed E-state index contributed by atoms with van der Waals surface area (Å²) in [5.74, 6) is 0.0427. The summed E-state index contributed by atoms with van der Waals surface area (Å²) in [6.45, 7) is 2.39. The van der Waals surface area contributed by atoms with Crippen molar-refractivity contribution in [3.05, 3.63) is 42.5 Å². The molecule has 0 atom stereocenters. The first-order chi connectivity index (χ1) is 9.54. The highest BCUT2D eigenvalue weighted by Crippen LogP contribution is 2.16. The molecule has 0 aliphatic carbocycles. The van der Waals surface area contributed by atoms with Crippen molar-refractivity contribution in [2.45, 2.75) is 18.4 Å². The highest BCUT2D eigenvalue weighted by atomic mass is 32.2. The second-order valence-corrected chi connectivity index (χ2v) is 6.00. The molecule has 0 saturated heterocycles. The van der Waals surface area contributed by atoms with Gasteiger partial charge in [0.1, 0.15) is 4.90 Å². The Labute approximate surface area is 117 Å². The van der Waals surface area contributed by atoms with Crippen molar-refractivity contribution in [3.8, 4) is 0 Å². The smallest absolute Gasteiger partial charge is 0.246 e. The fourth-order valence-electron chi connectivity index (χ4n) is 1.67. The lowest BCUT2D eigenvalue weighted by Gasteiger charge is -2.20. The molecule has 0 fully saturated rings. The Hall–Kier alpha value is -2.06. The van der Waals surface area contributed by atoms with Gasteiger partial charge in [0, 0.05) is 25.5 Å². The molecular weight excluding hydrogens is 278 g/mol. The molecule has 2 aromatic heterocycles. The molecule has 2 heterocycles. The second kappa shape index (κ2) is 5.93. The highest BCUT2D eigenvalue weighted by molar-refractivity contribution is 7.89. The first-order valence-corrected chi connectivity index (χ1v) is 7.44. The minimum atomic E-state index is -3.63. The van der Waals surface area contributed by atoms with E-state index in [-0.39, 0.29) is 17.4 Å². The van der Waals surface area contributed by atoms with Gasteiger partial charge in [-0.3, -0.25) is 4.98 Å². The molecule has 8 heteroatoms. The van der Waals surface area contributed by atoms with Gasteiger partial charge in [0.05, 0.1) is 12.4 Å². The van der Waals surface area contributed by atoms with Crippen molar-refractivity contribution >= 4 is 16.0 Å². The zero-order valence-corrected chi connectivity index (χ0v) is 11.8. The topological polar surface area (TPSA) is 102 Å². The number of hydrogen-bond acceptors (Lipinski definition) is 6. The Morgan fingerprint density at radius 1 is 1.20 bits per heavy atom. The van der Waals surface area contributed by atoms with Crippen LogP contribution in [0.2, 0.25) is 0 Å². The van der Waals surface area contributed by atoms with Crippen LogP contribution < -0.4 is 5.73 Å². The summed E-state index contributed by atoms with van der Waals surface area (Å²) in [7, 11) is -3.63. The maximum absolute atomic E-state index is 12.5. The molecule has 7 nitrogen and oxygen atoms in total. The molecule has 2 aromatic rings. The average Bonchev–Trinajstić information content (AvgIpc) is 2.46. The lowest BCUT2D eigenvalue weighted by Crippen LogP contribution is -2.30. The van der Waals surface area contributed by atoms with Gasteiger partial charge in [0.25, 0.3) is 0 Å². The van der Waals surface area contributed by atoms with Crippen LogP contribution in [0.25, 0.3) is 0 Å². The Morgan fingerprint density at radius 2 is 1.80 bits per heavy atom. The molecule has 0 radical (unpaired) electrons. The summed E-state index contributed by atoms with van der Waals surface area (Å²) < 4.78 is 26.3. The van der Waals surface area contributed by atoms with E-state index in [1.165, 1.54) is 16.7 Å². The van der Waals surface area contributed by atoms with Gasteiger partial charge in [-0.1, -0.05) is 6.92 Å². The molecule has 0 amide bonds. The predicted molar refractivity (Wildman–Crippen MR) is 74.0 cm³/mol. The van der Waals surface area contributed by atoms with Gasteiger partial charge in [-0.2, -0.15) is 4.31 Å². The van der Waals surface area contributed by atoms with Gasteiger partial charge in [0.15, 0.2) is 0 Å². The van der Waals surface area contributed by atoms with Crippen LogP contribution in [0.4, 0.5) is 5.95 Å². The Bertz CT molecular complexity index is 658. The fourth-order valence-corrected chi connectivity index (χ4v) is 3.00. The van der Waals surface area contributed by atoms with Crippen LogP contribution in [0, 0.1) is 0 Å². The number of nitrogens with zero attached hydrogens (tertiary/aromatic N) is 4. The van der Waals surface area contributed by atoms with Crippen molar-refractivity contribution in [1.82, 2.24) is 19.3 Å². The van der Waals surface area contributed by atoms with Crippen molar-refractivity contribution in [2.75, 3.05) is 12.3 Å². The summed E-state index contributed by atoms with van der Waals surface area (Å²) in [5, 5.41) is 0. The van der Waals surface area contributed by atoms with Crippen LogP contribution in [0.1, 0.15) is 12.5 Å². The Balaban J connectivity index is 2.28. The average molecular weight is 293 g/mol. The van der Waals surface area contributed by atoms with E-state index >= 15 is 0 Å².